The van der Waals surface area contributed by atoms with Gasteiger partial charge in [0, 0.05) is 11.5 Å². The summed E-state index contributed by atoms with van der Waals surface area (Å²) in [6.45, 7) is 3.97. The fraction of sp³-hybridized carbons (Fsp3) is 0.273. The molecule has 0 fully saturated rings. The van der Waals surface area contributed by atoms with Crippen LogP contribution in [0.15, 0.2) is 28.7 Å². The van der Waals surface area contributed by atoms with Crippen LogP contribution in [-0.4, -0.2) is 15.3 Å². The van der Waals surface area contributed by atoms with Crippen LogP contribution < -0.4 is 0 Å². The molecule has 0 amide bonds. The van der Waals surface area contributed by atoms with Gasteiger partial charge in [-0.3, -0.25) is 0 Å². The minimum Gasteiger partial charge on any atom is -0.508 e. The number of nitrogens with zero attached hydrogens (tertiary/aromatic N) is 2. The highest BCUT2D eigenvalue weighted by atomic mass is 16.4. The van der Waals surface area contributed by atoms with E-state index in [4.69, 9.17) is 4.42 Å². The summed E-state index contributed by atoms with van der Waals surface area (Å²) in [6, 6.07) is 6.75. The Kier molecular flexibility index (Phi) is 2.41. The highest BCUT2D eigenvalue weighted by molar-refractivity contribution is 5.55. The van der Waals surface area contributed by atoms with Gasteiger partial charge < -0.3 is 9.52 Å². The van der Waals surface area contributed by atoms with Crippen molar-refractivity contribution in [2.45, 2.75) is 19.8 Å². The van der Waals surface area contributed by atoms with Crippen molar-refractivity contribution < 1.29 is 9.52 Å². The van der Waals surface area contributed by atoms with Gasteiger partial charge in [-0.1, -0.05) is 19.9 Å². The molecule has 0 bridgehead atoms. The third kappa shape index (κ3) is 1.98. The quantitative estimate of drug-likeness (QED) is 0.816. The maximum atomic E-state index is 9.30. The minimum atomic E-state index is 0.191. The zero-order chi connectivity index (χ0) is 10.8. The lowest BCUT2D eigenvalue weighted by atomic mass is 10.2. The lowest BCUT2D eigenvalue weighted by molar-refractivity contribution is 0.471. The number of hydrogen-bond acceptors (Lipinski definition) is 4. The number of aromatic hydroxyl groups is 1. The van der Waals surface area contributed by atoms with Gasteiger partial charge in [0.05, 0.1) is 0 Å². The maximum Gasteiger partial charge on any atom is 0.247 e. The Bertz CT molecular complexity index is 463. The molecule has 15 heavy (non-hydrogen) atoms. The SMILES string of the molecule is CC(C)c1nnc(-c2cccc(O)c2)o1. The molecule has 2 rings (SSSR count). The Balaban J connectivity index is 2.37. The molecule has 1 aromatic carbocycles. The fourth-order valence-electron chi connectivity index (χ4n) is 1.22. The number of phenols is 1. The topological polar surface area (TPSA) is 59.2 Å². The summed E-state index contributed by atoms with van der Waals surface area (Å²) in [5, 5.41) is 17.1. The monoisotopic (exact) mass is 204 g/mol. The summed E-state index contributed by atoms with van der Waals surface area (Å²) in [7, 11) is 0. The van der Waals surface area contributed by atoms with Crippen LogP contribution >= 0.6 is 0 Å². The maximum absolute atomic E-state index is 9.30. The highest BCUT2D eigenvalue weighted by Gasteiger charge is 2.11. The second kappa shape index (κ2) is 3.73. The van der Waals surface area contributed by atoms with Gasteiger partial charge in [-0.2, -0.15) is 0 Å². The number of hydrogen-bond donors (Lipinski definition) is 1. The molecule has 0 spiro atoms. The van der Waals surface area contributed by atoms with Crippen molar-refractivity contribution in [3.8, 4) is 17.2 Å². The molecular formula is C11H12N2O2. The molecule has 1 heterocycles. The summed E-state index contributed by atoms with van der Waals surface area (Å²) in [6.07, 6.45) is 0. The summed E-state index contributed by atoms with van der Waals surface area (Å²) >= 11 is 0. The van der Waals surface area contributed by atoms with E-state index in [9.17, 15) is 5.11 Å². The first kappa shape index (κ1) is 9.71. The molecule has 0 unspecified atom stereocenters. The van der Waals surface area contributed by atoms with Gasteiger partial charge in [0.1, 0.15) is 5.75 Å². The molecule has 0 saturated heterocycles. The Labute approximate surface area is 87.6 Å². The second-order valence-corrected chi connectivity index (χ2v) is 3.65. The van der Waals surface area contributed by atoms with Crippen molar-refractivity contribution in [1.82, 2.24) is 10.2 Å². The van der Waals surface area contributed by atoms with E-state index >= 15 is 0 Å². The standard InChI is InChI=1S/C11H12N2O2/c1-7(2)10-12-13-11(15-10)8-4-3-5-9(14)6-8/h3-7,14H,1-2H3. The molecule has 1 N–H and O–H groups in total. The van der Waals surface area contributed by atoms with Gasteiger partial charge in [0.2, 0.25) is 11.8 Å². The van der Waals surface area contributed by atoms with Crippen molar-refractivity contribution in [3.05, 3.63) is 30.2 Å². The van der Waals surface area contributed by atoms with Gasteiger partial charge in [0.15, 0.2) is 0 Å². The molecule has 78 valence electrons. The van der Waals surface area contributed by atoms with Gasteiger partial charge in [-0.15, -0.1) is 10.2 Å². The Morgan fingerprint density at radius 3 is 2.67 bits per heavy atom. The minimum absolute atomic E-state index is 0.191. The van der Waals surface area contributed by atoms with E-state index in [1.165, 1.54) is 0 Å². The first-order chi connectivity index (χ1) is 7.16. The largest absolute Gasteiger partial charge is 0.508 e. The van der Waals surface area contributed by atoms with E-state index in [0.717, 1.165) is 5.56 Å². The van der Waals surface area contributed by atoms with Crippen molar-refractivity contribution in [1.29, 1.82) is 0 Å². The third-order valence-corrected chi connectivity index (χ3v) is 2.03. The molecule has 0 radical (unpaired) electrons. The Morgan fingerprint density at radius 1 is 1.27 bits per heavy atom. The molecular weight excluding hydrogens is 192 g/mol. The summed E-state index contributed by atoms with van der Waals surface area (Å²) in [5.41, 5.74) is 0.731. The van der Waals surface area contributed by atoms with Crippen LogP contribution in [0.2, 0.25) is 0 Å². The Hall–Kier alpha value is -1.84. The van der Waals surface area contributed by atoms with Crippen LogP contribution in [0.5, 0.6) is 5.75 Å². The molecule has 4 heteroatoms. The lowest BCUT2D eigenvalue weighted by Crippen LogP contribution is -1.85. The number of rotatable bonds is 2. The number of phenolic OH excluding ortho intramolecular Hbond substituents is 1. The molecule has 0 aliphatic rings. The normalized spacial score (nSPS) is 10.9. The third-order valence-electron chi connectivity index (χ3n) is 2.03. The van der Waals surface area contributed by atoms with Crippen LogP contribution in [0.3, 0.4) is 0 Å². The molecule has 2 aromatic rings. The molecule has 0 atom stereocenters. The first-order valence-electron chi connectivity index (χ1n) is 4.79. The van der Waals surface area contributed by atoms with E-state index in [1.807, 2.05) is 19.9 Å². The zero-order valence-corrected chi connectivity index (χ0v) is 8.64. The van der Waals surface area contributed by atoms with Crippen molar-refractivity contribution >= 4 is 0 Å². The highest BCUT2D eigenvalue weighted by Crippen LogP contribution is 2.23. The van der Waals surface area contributed by atoms with E-state index in [-0.39, 0.29) is 11.7 Å². The number of aromatic nitrogens is 2. The molecule has 0 aliphatic heterocycles. The number of benzene rings is 1. The van der Waals surface area contributed by atoms with Crippen molar-refractivity contribution in [2.75, 3.05) is 0 Å². The van der Waals surface area contributed by atoms with Gasteiger partial charge in [-0.25, -0.2) is 0 Å². The van der Waals surface area contributed by atoms with Gasteiger partial charge in [0.25, 0.3) is 0 Å². The Morgan fingerprint density at radius 2 is 2.07 bits per heavy atom. The van der Waals surface area contributed by atoms with Crippen LogP contribution in [0.25, 0.3) is 11.5 Å². The summed E-state index contributed by atoms with van der Waals surface area (Å²) in [5.74, 6) is 1.45. The fourth-order valence-corrected chi connectivity index (χ4v) is 1.22. The second-order valence-electron chi connectivity index (χ2n) is 3.65. The predicted molar refractivity (Wildman–Crippen MR) is 55.5 cm³/mol. The van der Waals surface area contributed by atoms with E-state index in [0.29, 0.717) is 11.8 Å². The van der Waals surface area contributed by atoms with Crippen LogP contribution in [0.4, 0.5) is 0 Å². The van der Waals surface area contributed by atoms with Gasteiger partial charge in [-0.05, 0) is 18.2 Å². The van der Waals surface area contributed by atoms with Crippen LogP contribution in [0.1, 0.15) is 25.7 Å². The molecule has 0 aliphatic carbocycles. The van der Waals surface area contributed by atoms with Crippen LogP contribution in [0, 0.1) is 0 Å². The average molecular weight is 204 g/mol. The lowest BCUT2D eigenvalue weighted by Gasteiger charge is -1.96. The van der Waals surface area contributed by atoms with E-state index in [2.05, 4.69) is 10.2 Å². The van der Waals surface area contributed by atoms with E-state index < -0.39 is 0 Å². The van der Waals surface area contributed by atoms with E-state index in [1.54, 1.807) is 18.2 Å². The van der Waals surface area contributed by atoms with Crippen LogP contribution in [-0.2, 0) is 0 Å². The average Bonchev–Trinajstić information content (AvgIpc) is 2.66. The first-order valence-corrected chi connectivity index (χ1v) is 4.79. The zero-order valence-electron chi connectivity index (χ0n) is 8.64. The summed E-state index contributed by atoms with van der Waals surface area (Å²) in [4.78, 5) is 0. The molecule has 4 nitrogen and oxygen atoms in total. The summed E-state index contributed by atoms with van der Waals surface area (Å²) < 4.78 is 5.45. The predicted octanol–water partition coefficient (Wildman–Crippen LogP) is 2.57. The molecule has 1 aromatic heterocycles. The molecule has 0 saturated carbocycles. The smallest absolute Gasteiger partial charge is 0.247 e. The van der Waals surface area contributed by atoms with Crippen molar-refractivity contribution in [3.63, 3.8) is 0 Å². The van der Waals surface area contributed by atoms with Crippen molar-refractivity contribution in [2.24, 2.45) is 0 Å². The van der Waals surface area contributed by atoms with Gasteiger partial charge >= 0.3 is 0 Å².